The van der Waals surface area contributed by atoms with Crippen LogP contribution in [-0.4, -0.2) is 46.8 Å². The molecule has 1 fully saturated rings. The number of carbonyl (C=O) groups excluding carboxylic acids is 2. The van der Waals surface area contributed by atoms with Crippen molar-refractivity contribution in [1.82, 2.24) is 15.2 Å². The molecule has 0 aliphatic carbocycles. The monoisotopic (exact) mass is 464 g/mol. The molecule has 1 atom stereocenters. The first-order chi connectivity index (χ1) is 11.4. The second-order valence-electron chi connectivity index (χ2n) is 5.57. The van der Waals surface area contributed by atoms with E-state index >= 15 is 0 Å². The fourth-order valence-electron chi connectivity index (χ4n) is 2.74. The maximum Gasteiger partial charge on any atom is 1.00 e. The SMILES string of the molecule is N#C[C@@H]1CC(F)(F)CN1C(=O)CNC(=O)c1c[nH]c2[c-]cccc12.[Cs+]. The number of aromatic nitrogens is 1. The van der Waals surface area contributed by atoms with Crippen molar-refractivity contribution in [3.63, 3.8) is 0 Å². The van der Waals surface area contributed by atoms with Gasteiger partial charge < -0.3 is 15.2 Å². The molecule has 2 amide bonds. The number of aromatic amines is 1. The predicted octanol–water partition coefficient (Wildman–Crippen LogP) is -1.54. The molecule has 25 heavy (non-hydrogen) atoms. The molecule has 1 aromatic carbocycles. The van der Waals surface area contributed by atoms with Gasteiger partial charge >= 0.3 is 68.9 Å². The summed E-state index contributed by atoms with van der Waals surface area (Å²) in [4.78, 5) is 27.9. The van der Waals surface area contributed by atoms with Gasteiger partial charge in [-0.05, 0) is 0 Å². The molecule has 2 N–H and O–H groups in total. The van der Waals surface area contributed by atoms with E-state index in [1.54, 1.807) is 24.3 Å². The zero-order valence-electron chi connectivity index (χ0n) is 13.5. The molecule has 2 aromatic rings. The first-order valence-corrected chi connectivity index (χ1v) is 7.24. The predicted molar refractivity (Wildman–Crippen MR) is 80.1 cm³/mol. The summed E-state index contributed by atoms with van der Waals surface area (Å²) in [5.74, 6) is -4.29. The number of H-pyrrole nitrogens is 1. The molecule has 1 saturated heterocycles. The molecule has 124 valence electrons. The van der Waals surface area contributed by atoms with Crippen LogP contribution in [0.2, 0.25) is 0 Å². The number of likely N-dealkylation sites (tertiary alicyclic amines) is 1. The third-order valence-electron chi connectivity index (χ3n) is 3.89. The van der Waals surface area contributed by atoms with Gasteiger partial charge in [0, 0.05) is 18.2 Å². The van der Waals surface area contributed by atoms with Crippen LogP contribution in [0, 0.1) is 17.4 Å². The Morgan fingerprint density at radius 1 is 1.52 bits per heavy atom. The first-order valence-electron chi connectivity index (χ1n) is 7.24. The van der Waals surface area contributed by atoms with Gasteiger partial charge in [0.15, 0.2) is 0 Å². The molecule has 9 heteroatoms. The molecule has 0 unspecified atom stereocenters. The number of halogens is 2. The fraction of sp³-hybridized carbons (Fsp3) is 0.312. The van der Waals surface area contributed by atoms with Gasteiger partial charge in [0.2, 0.25) is 11.8 Å². The molecular formula is C16H13CsF2N4O2. The quantitative estimate of drug-likeness (QED) is 0.541. The number of nitrogens with one attached hydrogen (secondary N) is 2. The molecule has 0 spiro atoms. The summed E-state index contributed by atoms with van der Waals surface area (Å²) < 4.78 is 26.7. The van der Waals surface area contributed by atoms with Gasteiger partial charge in [0.05, 0.1) is 19.2 Å². The number of carbonyl (C=O) groups is 2. The summed E-state index contributed by atoms with van der Waals surface area (Å²) in [7, 11) is 0. The molecule has 0 saturated carbocycles. The Hall–Kier alpha value is -0.898. The van der Waals surface area contributed by atoms with Crippen molar-refractivity contribution in [1.29, 1.82) is 5.26 Å². The topological polar surface area (TPSA) is 89.0 Å². The van der Waals surface area contributed by atoms with Crippen LogP contribution in [0.3, 0.4) is 0 Å². The largest absolute Gasteiger partial charge is 1.00 e. The maximum absolute atomic E-state index is 13.3. The van der Waals surface area contributed by atoms with E-state index in [-0.39, 0.29) is 68.9 Å². The van der Waals surface area contributed by atoms with E-state index in [0.29, 0.717) is 16.5 Å². The van der Waals surface area contributed by atoms with Gasteiger partial charge in [0.1, 0.15) is 6.04 Å². The number of amides is 2. The average molecular weight is 464 g/mol. The number of nitriles is 1. The van der Waals surface area contributed by atoms with Crippen LogP contribution in [0.4, 0.5) is 8.78 Å². The van der Waals surface area contributed by atoms with Crippen LogP contribution >= 0.6 is 0 Å². The molecule has 3 rings (SSSR count). The van der Waals surface area contributed by atoms with Crippen molar-refractivity contribution in [2.75, 3.05) is 13.1 Å². The summed E-state index contributed by atoms with van der Waals surface area (Å²) in [6.07, 6.45) is 0.810. The minimum Gasteiger partial charge on any atom is -0.384 e. The number of rotatable bonds is 3. The smallest absolute Gasteiger partial charge is 0.384 e. The zero-order valence-corrected chi connectivity index (χ0v) is 19.8. The molecule has 1 aliphatic heterocycles. The maximum atomic E-state index is 13.3. The van der Waals surface area contributed by atoms with Crippen molar-refractivity contribution >= 4 is 22.7 Å². The Bertz CT molecular complexity index is 846. The van der Waals surface area contributed by atoms with Crippen LogP contribution in [0.5, 0.6) is 0 Å². The van der Waals surface area contributed by atoms with Crippen molar-refractivity contribution in [3.8, 4) is 6.07 Å². The van der Waals surface area contributed by atoms with Gasteiger partial charge in [-0.2, -0.15) is 29.5 Å². The van der Waals surface area contributed by atoms with Crippen LogP contribution in [0.25, 0.3) is 10.9 Å². The summed E-state index contributed by atoms with van der Waals surface area (Å²) in [6.45, 7) is -1.25. The Labute approximate surface area is 201 Å². The Kier molecular flexibility index (Phi) is 6.69. The number of nitrogens with zero attached hydrogens (tertiary/aromatic N) is 2. The van der Waals surface area contributed by atoms with E-state index in [1.807, 2.05) is 0 Å². The summed E-state index contributed by atoms with van der Waals surface area (Å²) in [5.41, 5.74) is 0.982. The first kappa shape index (κ1) is 20.4. The van der Waals surface area contributed by atoms with Crippen molar-refractivity contribution in [2.45, 2.75) is 18.4 Å². The van der Waals surface area contributed by atoms with Gasteiger partial charge in [-0.3, -0.25) is 9.59 Å². The normalized spacial score (nSPS) is 18.4. The number of benzene rings is 1. The van der Waals surface area contributed by atoms with Gasteiger partial charge in [-0.1, -0.05) is 10.9 Å². The van der Waals surface area contributed by atoms with Crippen LogP contribution in [0.15, 0.2) is 24.4 Å². The summed E-state index contributed by atoms with van der Waals surface area (Å²) in [5, 5.41) is 11.9. The van der Waals surface area contributed by atoms with E-state index in [1.165, 1.54) is 6.20 Å². The van der Waals surface area contributed by atoms with E-state index < -0.39 is 43.3 Å². The summed E-state index contributed by atoms with van der Waals surface area (Å²) >= 11 is 0. The molecule has 6 nitrogen and oxygen atoms in total. The van der Waals surface area contributed by atoms with E-state index in [0.717, 1.165) is 4.90 Å². The molecule has 0 bridgehead atoms. The van der Waals surface area contributed by atoms with Gasteiger partial charge in [-0.15, -0.1) is 0 Å². The number of hydrogen-bond acceptors (Lipinski definition) is 3. The number of para-hydroxylation sites is 1. The zero-order chi connectivity index (χ0) is 17.3. The second kappa shape index (κ2) is 8.20. The third-order valence-corrected chi connectivity index (χ3v) is 3.89. The standard InChI is InChI=1S/C16H13F2N4O2.Cs/c17-16(18)5-10(6-19)22(9-16)14(23)8-21-15(24)12-7-20-13-4-2-1-3-11(12)13;/h1-3,7,10,20H,5,8-9H2,(H,21,24);/q-1;+1/t10-;/m0./s1. The third kappa shape index (κ3) is 4.45. The molecule has 0 radical (unpaired) electrons. The molecule has 1 aromatic heterocycles. The number of fused-ring (bicyclic) bond motifs is 1. The molecule has 2 heterocycles. The van der Waals surface area contributed by atoms with E-state index in [4.69, 9.17) is 5.26 Å². The number of alkyl halides is 2. The van der Waals surface area contributed by atoms with Crippen molar-refractivity contribution in [2.24, 2.45) is 0 Å². The van der Waals surface area contributed by atoms with E-state index in [2.05, 4.69) is 16.4 Å². The van der Waals surface area contributed by atoms with Crippen molar-refractivity contribution in [3.05, 3.63) is 36.0 Å². The molecular weight excluding hydrogens is 451 g/mol. The van der Waals surface area contributed by atoms with Crippen molar-refractivity contribution < 1.29 is 87.3 Å². The van der Waals surface area contributed by atoms with Crippen LogP contribution < -0.4 is 74.2 Å². The Morgan fingerprint density at radius 3 is 3.00 bits per heavy atom. The summed E-state index contributed by atoms with van der Waals surface area (Å²) in [6, 6.07) is 8.59. The van der Waals surface area contributed by atoms with Gasteiger partial charge in [-0.25, -0.2) is 8.78 Å². The van der Waals surface area contributed by atoms with E-state index in [9.17, 15) is 18.4 Å². The number of hydrogen-bond donors (Lipinski definition) is 2. The second-order valence-corrected chi connectivity index (χ2v) is 5.57. The Balaban J connectivity index is 0.00000225. The molecule has 1 aliphatic rings. The Morgan fingerprint density at radius 2 is 2.28 bits per heavy atom. The average Bonchev–Trinajstić information content (AvgIpc) is 3.12. The van der Waals surface area contributed by atoms with Crippen LogP contribution in [-0.2, 0) is 4.79 Å². The minimum absolute atomic E-state index is 0. The fourth-order valence-corrected chi connectivity index (χ4v) is 2.74. The van der Waals surface area contributed by atoms with Crippen LogP contribution in [0.1, 0.15) is 16.8 Å². The van der Waals surface area contributed by atoms with Gasteiger partial charge in [0.25, 0.3) is 5.92 Å². The minimum atomic E-state index is -3.08.